The first-order chi connectivity index (χ1) is 10.4. The zero-order chi connectivity index (χ0) is 16.3. The predicted octanol–water partition coefficient (Wildman–Crippen LogP) is 2.44. The molecule has 0 bridgehead atoms. The molecule has 2 N–H and O–H groups in total. The molecule has 1 aromatic carbocycles. The van der Waals surface area contributed by atoms with E-state index >= 15 is 0 Å². The minimum absolute atomic E-state index is 0.187. The summed E-state index contributed by atoms with van der Waals surface area (Å²) >= 11 is 5.21. The van der Waals surface area contributed by atoms with Gasteiger partial charge in [-0.2, -0.15) is 0 Å². The van der Waals surface area contributed by atoms with E-state index in [0.717, 1.165) is 11.3 Å². The lowest BCUT2D eigenvalue weighted by atomic mass is 9.95. The lowest BCUT2D eigenvalue weighted by molar-refractivity contribution is -0.143. The molecule has 1 unspecified atom stereocenters. The van der Waals surface area contributed by atoms with E-state index < -0.39 is 0 Å². The standard InChI is InChI=1S/C16H20N2O3S/c1-9(2)21-15(19)13-10(3)17-16(22)18-14(13)11-6-5-7-12(8-11)20-4/h5-9,14H,1-4H3,(H2,17,18,22). The van der Waals surface area contributed by atoms with Gasteiger partial charge in [0, 0.05) is 5.70 Å². The number of hydrogen-bond donors (Lipinski definition) is 2. The third kappa shape index (κ3) is 3.57. The molecular formula is C16H20N2O3S. The summed E-state index contributed by atoms with van der Waals surface area (Å²) in [7, 11) is 1.61. The molecule has 0 aromatic heterocycles. The van der Waals surface area contributed by atoms with Crippen LogP contribution in [0.4, 0.5) is 0 Å². The van der Waals surface area contributed by atoms with Crippen LogP contribution in [0.1, 0.15) is 32.4 Å². The molecule has 1 aromatic rings. The number of hydrogen-bond acceptors (Lipinski definition) is 4. The first kappa shape index (κ1) is 16.3. The van der Waals surface area contributed by atoms with Crippen molar-refractivity contribution in [1.29, 1.82) is 0 Å². The molecule has 0 aliphatic carbocycles. The second kappa shape index (κ2) is 6.79. The van der Waals surface area contributed by atoms with Crippen LogP contribution in [0.5, 0.6) is 5.75 Å². The topological polar surface area (TPSA) is 59.6 Å². The Bertz CT molecular complexity index is 626. The molecule has 22 heavy (non-hydrogen) atoms. The highest BCUT2D eigenvalue weighted by Gasteiger charge is 2.31. The minimum Gasteiger partial charge on any atom is -0.497 e. The van der Waals surface area contributed by atoms with E-state index in [1.165, 1.54) is 0 Å². The maximum Gasteiger partial charge on any atom is 0.338 e. The summed E-state index contributed by atoms with van der Waals surface area (Å²) in [6.45, 7) is 5.46. The molecule has 5 nitrogen and oxygen atoms in total. The summed E-state index contributed by atoms with van der Waals surface area (Å²) in [5.74, 6) is 0.362. The molecule has 0 saturated carbocycles. The number of carbonyl (C=O) groups excluding carboxylic acids is 1. The average Bonchev–Trinajstić information content (AvgIpc) is 2.45. The number of methoxy groups -OCH3 is 1. The Balaban J connectivity index is 2.43. The van der Waals surface area contributed by atoms with Crippen molar-refractivity contribution in [1.82, 2.24) is 10.6 Å². The maximum atomic E-state index is 12.4. The van der Waals surface area contributed by atoms with E-state index in [2.05, 4.69) is 10.6 Å². The van der Waals surface area contributed by atoms with Crippen LogP contribution in [-0.4, -0.2) is 24.3 Å². The van der Waals surface area contributed by atoms with Crippen molar-refractivity contribution >= 4 is 23.3 Å². The molecule has 0 spiro atoms. The summed E-state index contributed by atoms with van der Waals surface area (Å²) in [5, 5.41) is 6.58. The van der Waals surface area contributed by atoms with Gasteiger partial charge in [0.05, 0.1) is 24.8 Å². The quantitative estimate of drug-likeness (QED) is 0.656. The number of ether oxygens (including phenoxy) is 2. The van der Waals surface area contributed by atoms with Crippen molar-refractivity contribution in [2.24, 2.45) is 0 Å². The van der Waals surface area contributed by atoms with Gasteiger partial charge in [-0.25, -0.2) is 4.79 Å². The van der Waals surface area contributed by atoms with Crippen molar-refractivity contribution in [3.8, 4) is 5.75 Å². The number of thiocarbonyl (C=S) groups is 1. The molecule has 0 saturated heterocycles. The van der Waals surface area contributed by atoms with Gasteiger partial charge in [-0.3, -0.25) is 0 Å². The van der Waals surface area contributed by atoms with Gasteiger partial charge in [-0.05, 0) is 50.7 Å². The highest BCUT2D eigenvalue weighted by Crippen LogP contribution is 2.29. The molecule has 0 radical (unpaired) electrons. The summed E-state index contributed by atoms with van der Waals surface area (Å²) in [5.41, 5.74) is 2.11. The fourth-order valence-corrected chi connectivity index (χ4v) is 2.58. The van der Waals surface area contributed by atoms with Crippen molar-refractivity contribution < 1.29 is 14.3 Å². The van der Waals surface area contributed by atoms with Crippen molar-refractivity contribution in [3.05, 3.63) is 41.1 Å². The Morgan fingerprint density at radius 3 is 2.73 bits per heavy atom. The Morgan fingerprint density at radius 1 is 1.36 bits per heavy atom. The van der Waals surface area contributed by atoms with E-state index in [1.807, 2.05) is 45.0 Å². The zero-order valence-electron chi connectivity index (χ0n) is 13.1. The Hall–Kier alpha value is -2.08. The normalized spacial score (nSPS) is 17.9. The number of benzene rings is 1. The van der Waals surface area contributed by atoms with Gasteiger partial charge >= 0.3 is 5.97 Å². The van der Waals surface area contributed by atoms with Crippen LogP contribution in [0.2, 0.25) is 0 Å². The fraction of sp³-hybridized carbons (Fsp3) is 0.375. The lowest BCUT2D eigenvalue weighted by Crippen LogP contribution is -2.45. The molecule has 2 rings (SSSR count). The number of carbonyl (C=O) groups is 1. The van der Waals surface area contributed by atoms with Gasteiger partial charge in [0.15, 0.2) is 5.11 Å². The van der Waals surface area contributed by atoms with Gasteiger partial charge < -0.3 is 20.1 Å². The number of allylic oxidation sites excluding steroid dienone is 1. The average molecular weight is 320 g/mol. The number of nitrogens with one attached hydrogen (secondary N) is 2. The third-order valence-corrected chi connectivity index (χ3v) is 3.48. The van der Waals surface area contributed by atoms with Crippen LogP contribution in [0.25, 0.3) is 0 Å². The van der Waals surface area contributed by atoms with Crippen LogP contribution >= 0.6 is 12.2 Å². The summed E-state index contributed by atoms with van der Waals surface area (Å²) < 4.78 is 10.6. The summed E-state index contributed by atoms with van der Waals surface area (Å²) in [4.78, 5) is 12.4. The second-order valence-electron chi connectivity index (χ2n) is 5.30. The first-order valence-corrected chi connectivity index (χ1v) is 7.46. The van der Waals surface area contributed by atoms with Crippen molar-refractivity contribution in [3.63, 3.8) is 0 Å². The Labute approximate surface area is 135 Å². The van der Waals surface area contributed by atoms with Crippen LogP contribution in [0, 0.1) is 0 Å². The largest absolute Gasteiger partial charge is 0.497 e. The summed E-state index contributed by atoms with van der Waals surface area (Å²) in [6.07, 6.45) is -0.187. The van der Waals surface area contributed by atoms with Gasteiger partial charge in [0.25, 0.3) is 0 Å². The van der Waals surface area contributed by atoms with E-state index in [4.69, 9.17) is 21.7 Å². The molecular weight excluding hydrogens is 300 g/mol. The minimum atomic E-state index is -0.366. The van der Waals surface area contributed by atoms with Crippen molar-refractivity contribution in [2.45, 2.75) is 32.9 Å². The van der Waals surface area contributed by atoms with Gasteiger partial charge in [-0.1, -0.05) is 12.1 Å². The fourth-order valence-electron chi connectivity index (χ4n) is 2.31. The zero-order valence-corrected chi connectivity index (χ0v) is 13.9. The van der Waals surface area contributed by atoms with E-state index in [-0.39, 0.29) is 18.1 Å². The Kier molecular flexibility index (Phi) is 5.03. The highest BCUT2D eigenvalue weighted by atomic mass is 32.1. The lowest BCUT2D eigenvalue weighted by Gasteiger charge is -2.30. The SMILES string of the molecule is COc1cccc(C2NC(=S)NC(C)=C2C(=O)OC(C)C)c1. The van der Waals surface area contributed by atoms with Gasteiger partial charge in [0.1, 0.15) is 5.75 Å². The monoisotopic (exact) mass is 320 g/mol. The van der Waals surface area contributed by atoms with E-state index in [0.29, 0.717) is 16.4 Å². The first-order valence-electron chi connectivity index (χ1n) is 7.05. The molecule has 1 aliphatic rings. The van der Waals surface area contributed by atoms with Crippen LogP contribution in [0.3, 0.4) is 0 Å². The van der Waals surface area contributed by atoms with Crippen molar-refractivity contribution in [2.75, 3.05) is 7.11 Å². The second-order valence-corrected chi connectivity index (χ2v) is 5.71. The van der Waals surface area contributed by atoms with Crippen LogP contribution in [-0.2, 0) is 9.53 Å². The van der Waals surface area contributed by atoms with E-state index in [1.54, 1.807) is 7.11 Å². The molecule has 118 valence electrons. The van der Waals surface area contributed by atoms with Crippen LogP contribution < -0.4 is 15.4 Å². The maximum absolute atomic E-state index is 12.4. The number of rotatable bonds is 4. The molecule has 1 aliphatic heterocycles. The molecule has 1 atom stereocenters. The number of esters is 1. The van der Waals surface area contributed by atoms with Gasteiger partial charge in [-0.15, -0.1) is 0 Å². The highest BCUT2D eigenvalue weighted by molar-refractivity contribution is 7.80. The molecule has 6 heteroatoms. The smallest absolute Gasteiger partial charge is 0.338 e. The summed E-state index contributed by atoms with van der Waals surface area (Å²) in [6, 6.07) is 7.16. The molecule has 0 amide bonds. The molecule has 1 heterocycles. The van der Waals surface area contributed by atoms with Crippen LogP contribution in [0.15, 0.2) is 35.5 Å². The molecule has 0 fully saturated rings. The van der Waals surface area contributed by atoms with E-state index in [9.17, 15) is 4.79 Å². The Morgan fingerprint density at radius 2 is 2.09 bits per heavy atom. The third-order valence-electron chi connectivity index (χ3n) is 3.26. The van der Waals surface area contributed by atoms with Gasteiger partial charge in [0.2, 0.25) is 0 Å². The predicted molar refractivity (Wildman–Crippen MR) is 88.5 cm³/mol.